The molecular formula is C15H23N3O. The first-order valence-corrected chi connectivity index (χ1v) is 6.52. The Kier molecular flexibility index (Phi) is 6.22. The lowest BCUT2D eigenvalue weighted by Gasteiger charge is -2.18. The second-order valence-corrected chi connectivity index (χ2v) is 4.93. The highest BCUT2D eigenvalue weighted by atomic mass is 16.1. The fourth-order valence-electron chi connectivity index (χ4n) is 1.52. The molecule has 0 aliphatic carbocycles. The van der Waals surface area contributed by atoms with Gasteiger partial charge in [0.1, 0.15) is 0 Å². The summed E-state index contributed by atoms with van der Waals surface area (Å²) in [4.78, 5) is 18.2. The van der Waals surface area contributed by atoms with Gasteiger partial charge in [0.05, 0.1) is 18.9 Å². The summed E-state index contributed by atoms with van der Waals surface area (Å²) in [5, 5.41) is 3.22. The van der Waals surface area contributed by atoms with Crippen molar-refractivity contribution in [2.75, 3.05) is 20.6 Å². The quantitative estimate of drug-likeness (QED) is 0.462. The van der Waals surface area contributed by atoms with Crippen molar-refractivity contribution in [2.45, 2.75) is 25.9 Å². The van der Waals surface area contributed by atoms with Crippen LogP contribution in [0.15, 0.2) is 35.3 Å². The standard InChI is InChI=1S/C15H23N3O/c1-12(13(2)17-11-18(3)4)16-10-15(19)14-8-6-5-7-9-14/h5-9,11-13,16H,10H2,1-4H3. The van der Waals surface area contributed by atoms with E-state index in [4.69, 9.17) is 0 Å². The van der Waals surface area contributed by atoms with Crippen molar-refractivity contribution in [3.05, 3.63) is 35.9 Å². The minimum atomic E-state index is 0.108. The van der Waals surface area contributed by atoms with Crippen LogP contribution in [0.1, 0.15) is 24.2 Å². The molecule has 0 heterocycles. The zero-order chi connectivity index (χ0) is 14.3. The van der Waals surface area contributed by atoms with Crippen molar-refractivity contribution >= 4 is 12.1 Å². The Labute approximate surface area is 115 Å². The third-order valence-corrected chi connectivity index (χ3v) is 2.94. The molecule has 0 amide bonds. The molecule has 19 heavy (non-hydrogen) atoms. The first kappa shape index (κ1) is 15.4. The molecule has 104 valence electrons. The number of rotatable bonds is 7. The van der Waals surface area contributed by atoms with Gasteiger partial charge in [0, 0.05) is 25.7 Å². The predicted octanol–water partition coefficient (Wildman–Crippen LogP) is 1.83. The number of carbonyl (C=O) groups excluding carboxylic acids is 1. The molecule has 1 N–H and O–H groups in total. The number of hydrogen-bond acceptors (Lipinski definition) is 3. The number of benzene rings is 1. The van der Waals surface area contributed by atoms with Gasteiger partial charge in [-0.25, -0.2) is 0 Å². The summed E-state index contributed by atoms with van der Waals surface area (Å²) in [6.07, 6.45) is 1.79. The van der Waals surface area contributed by atoms with Crippen LogP contribution in [0.4, 0.5) is 0 Å². The first-order chi connectivity index (χ1) is 9.00. The molecule has 0 saturated carbocycles. The van der Waals surface area contributed by atoms with Gasteiger partial charge in [0.25, 0.3) is 0 Å². The van der Waals surface area contributed by atoms with Crippen LogP contribution in [0.2, 0.25) is 0 Å². The highest BCUT2D eigenvalue weighted by Gasteiger charge is 2.12. The van der Waals surface area contributed by atoms with Crippen molar-refractivity contribution in [1.82, 2.24) is 10.2 Å². The van der Waals surface area contributed by atoms with E-state index in [0.717, 1.165) is 5.56 Å². The van der Waals surface area contributed by atoms with Crippen molar-refractivity contribution in [3.63, 3.8) is 0 Å². The van der Waals surface area contributed by atoms with Gasteiger partial charge in [-0.1, -0.05) is 30.3 Å². The smallest absolute Gasteiger partial charge is 0.176 e. The largest absolute Gasteiger partial charge is 0.369 e. The lowest BCUT2D eigenvalue weighted by atomic mass is 10.1. The Morgan fingerprint density at radius 3 is 2.53 bits per heavy atom. The minimum Gasteiger partial charge on any atom is -0.369 e. The molecule has 4 nitrogen and oxygen atoms in total. The van der Waals surface area contributed by atoms with Crippen LogP contribution >= 0.6 is 0 Å². The summed E-state index contributed by atoms with van der Waals surface area (Å²) in [6.45, 7) is 4.41. The van der Waals surface area contributed by atoms with Gasteiger partial charge in [-0.15, -0.1) is 0 Å². The van der Waals surface area contributed by atoms with Crippen LogP contribution in [0.3, 0.4) is 0 Å². The van der Waals surface area contributed by atoms with E-state index in [1.54, 1.807) is 6.34 Å². The number of nitrogens with one attached hydrogen (secondary N) is 1. The molecule has 2 atom stereocenters. The minimum absolute atomic E-state index is 0.108. The van der Waals surface area contributed by atoms with Crippen LogP contribution in [-0.4, -0.2) is 49.7 Å². The maximum atomic E-state index is 11.9. The number of nitrogens with zero attached hydrogens (tertiary/aromatic N) is 2. The van der Waals surface area contributed by atoms with E-state index in [2.05, 4.69) is 10.3 Å². The Morgan fingerprint density at radius 2 is 1.95 bits per heavy atom. The first-order valence-electron chi connectivity index (χ1n) is 6.52. The molecule has 2 unspecified atom stereocenters. The molecule has 0 radical (unpaired) electrons. The third kappa shape index (κ3) is 5.66. The van der Waals surface area contributed by atoms with Crippen molar-refractivity contribution < 1.29 is 4.79 Å². The average Bonchev–Trinajstić information content (AvgIpc) is 2.42. The summed E-state index contributed by atoms with van der Waals surface area (Å²) in [5.41, 5.74) is 0.742. The van der Waals surface area contributed by atoms with Gasteiger partial charge >= 0.3 is 0 Å². The topological polar surface area (TPSA) is 44.7 Å². The molecule has 1 aromatic carbocycles. The van der Waals surface area contributed by atoms with Crippen LogP contribution in [0, 0.1) is 0 Å². The number of aliphatic imine (C=N–C) groups is 1. The SMILES string of the molecule is CC(N=CN(C)C)C(C)NCC(=O)c1ccccc1. The zero-order valence-electron chi connectivity index (χ0n) is 12.1. The molecule has 1 rings (SSSR count). The monoisotopic (exact) mass is 261 g/mol. The zero-order valence-corrected chi connectivity index (χ0v) is 12.1. The molecule has 0 spiro atoms. The van der Waals surface area contributed by atoms with Crippen molar-refractivity contribution in [1.29, 1.82) is 0 Å². The maximum absolute atomic E-state index is 11.9. The van der Waals surface area contributed by atoms with Crippen molar-refractivity contribution in [3.8, 4) is 0 Å². The molecule has 0 aliphatic rings. The average molecular weight is 261 g/mol. The maximum Gasteiger partial charge on any atom is 0.176 e. The van der Waals surface area contributed by atoms with E-state index in [-0.39, 0.29) is 17.9 Å². The lowest BCUT2D eigenvalue weighted by molar-refractivity contribution is 0.0987. The second kappa shape index (κ2) is 7.69. The summed E-state index contributed by atoms with van der Waals surface area (Å²) in [7, 11) is 3.88. The second-order valence-electron chi connectivity index (χ2n) is 4.93. The Hall–Kier alpha value is -1.68. The summed E-state index contributed by atoms with van der Waals surface area (Å²) >= 11 is 0. The molecule has 0 aromatic heterocycles. The molecule has 1 aromatic rings. The van der Waals surface area contributed by atoms with Crippen LogP contribution in [0.25, 0.3) is 0 Å². The summed E-state index contributed by atoms with van der Waals surface area (Å²) < 4.78 is 0. The van der Waals surface area contributed by atoms with Gasteiger partial charge in [0.2, 0.25) is 0 Å². The van der Waals surface area contributed by atoms with Crippen LogP contribution < -0.4 is 5.32 Å². The number of ketones is 1. The van der Waals surface area contributed by atoms with E-state index < -0.39 is 0 Å². The van der Waals surface area contributed by atoms with Gasteiger partial charge in [-0.2, -0.15) is 0 Å². The number of hydrogen-bond donors (Lipinski definition) is 1. The van der Waals surface area contributed by atoms with Crippen LogP contribution in [0.5, 0.6) is 0 Å². The van der Waals surface area contributed by atoms with E-state index in [1.807, 2.05) is 63.2 Å². The van der Waals surface area contributed by atoms with E-state index in [9.17, 15) is 4.79 Å². The van der Waals surface area contributed by atoms with Crippen molar-refractivity contribution in [2.24, 2.45) is 4.99 Å². The lowest BCUT2D eigenvalue weighted by Crippen LogP contribution is -2.38. The van der Waals surface area contributed by atoms with Gasteiger partial charge in [-0.3, -0.25) is 9.79 Å². The molecule has 0 bridgehead atoms. The van der Waals surface area contributed by atoms with E-state index in [1.165, 1.54) is 0 Å². The Bertz CT molecular complexity index is 415. The Balaban J connectivity index is 2.42. The molecule has 0 saturated heterocycles. The molecule has 0 aliphatic heterocycles. The molecular weight excluding hydrogens is 238 g/mol. The van der Waals surface area contributed by atoms with Crippen LogP contribution in [-0.2, 0) is 0 Å². The van der Waals surface area contributed by atoms with E-state index in [0.29, 0.717) is 6.54 Å². The van der Waals surface area contributed by atoms with Gasteiger partial charge in [0.15, 0.2) is 5.78 Å². The fourth-order valence-corrected chi connectivity index (χ4v) is 1.52. The van der Waals surface area contributed by atoms with Gasteiger partial charge in [-0.05, 0) is 13.8 Å². The summed E-state index contributed by atoms with van der Waals surface area (Å²) in [5.74, 6) is 0.108. The number of carbonyl (C=O) groups is 1. The molecule has 4 heteroatoms. The summed E-state index contributed by atoms with van der Waals surface area (Å²) in [6, 6.07) is 9.62. The fraction of sp³-hybridized carbons (Fsp3) is 0.467. The third-order valence-electron chi connectivity index (χ3n) is 2.94. The van der Waals surface area contributed by atoms with Gasteiger partial charge < -0.3 is 10.2 Å². The van der Waals surface area contributed by atoms with E-state index >= 15 is 0 Å². The highest BCUT2D eigenvalue weighted by molar-refractivity contribution is 5.97. The normalized spacial score (nSPS) is 14.3. The molecule has 0 fully saturated rings. The highest BCUT2D eigenvalue weighted by Crippen LogP contribution is 2.01. The predicted molar refractivity (Wildman–Crippen MR) is 79.9 cm³/mol. The number of Topliss-reactive ketones (excluding diaryl/α,β-unsaturated/α-hetero) is 1. The Morgan fingerprint density at radius 1 is 1.32 bits per heavy atom.